The second-order valence-corrected chi connectivity index (χ2v) is 7.81. The van der Waals surface area contributed by atoms with Gasteiger partial charge >= 0.3 is 0 Å². The molecule has 1 amide bonds. The number of pyridine rings is 1. The molecule has 7 nitrogen and oxygen atoms in total. The van der Waals surface area contributed by atoms with Crippen molar-refractivity contribution < 1.29 is 13.7 Å². The van der Waals surface area contributed by atoms with Crippen molar-refractivity contribution in [1.82, 2.24) is 14.7 Å². The van der Waals surface area contributed by atoms with Crippen molar-refractivity contribution in [2.24, 2.45) is 0 Å². The third-order valence-electron chi connectivity index (χ3n) is 5.14. The van der Waals surface area contributed by atoms with Crippen LogP contribution in [0.3, 0.4) is 0 Å². The standard InChI is InChI=1S/C22H16ClFN4O3/c23-16-9-13(24)7-8-17(16)25-19(29)11-28-18-4-2-1-3-14(18)15(10-20(28)30)22-26-21(27-31-22)12-5-6-12/h1-4,7-10,12H,5-6,11H2,(H,25,29). The molecule has 31 heavy (non-hydrogen) atoms. The lowest BCUT2D eigenvalue weighted by atomic mass is 10.1. The molecule has 1 fully saturated rings. The predicted molar refractivity (Wildman–Crippen MR) is 114 cm³/mol. The number of anilines is 1. The van der Waals surface area contributed by atoms with Gasteiger partial charge in [-0.2, -0.15) is 4.98 Å². The molecular weight excluding hydrogens is 423 g/mol. The summed E-state index contributed by atoms with van der Waals surface area (Å²) in [5.74, 6) is 0.281. The number of aromatic nitrogens is 3. The number of carbonyl (C=O) groups is 1. The summed E-state index contributed by atoms with van der Waals surface area (Å²) in [6.45, 7) is -0.246. The highest BCUT2D eigenvalue weighted by Gasteiger charge is 2.29. The third kappa shape index (κ3) is 3.82. The first-order chi connectivity index (χ1) is 15.0. The first kappa shape index (κ1) is 19.4. The fourth-order valence-corrected chi connectivity index (χ4v) is 3.66. The van der Waals surface area contributed by atoms with Gasteiger partial charge in [0.1, 0.15) is 12.4 Å². The van der Waals surface area contributed by atoms with Gasteiger partial charge in [-0.1, -0.05) is 35.0 Å². The van der Waals surface area contributed by atoms with E-state index >= 15 is 0 Å². The smallest absolute Gasteiger partial charge is 0.258 e. The largest absolute Gasteiger partial charge is 0.334 e. The maximum absolute atomic E-state index is 13.2. The molecule has 0 saturated heterocycles. The van der Waals surface area contributed by atoms with Gasteiger partial charge < -0.3 is 9.84 Å². The SMILES string of the molecule is O=C(Cn1c(=O)cc(-c2nc(C3CC3)no2)c2ccccc21)Nc1ccc(F)cc1Cl. The van der Waals surface area contributed by atoms with Crippen molar-refractivity contribution in [3.8, 4) is 11.5 Å². The van der Waals surface area contributed by atoms with Gasteiger partial charge in [0.2, 0.25) is 5.91 Å². The van der Waals surface area contributed by atoms with Gasteiger partial charge in [0.05, 0.1) is 21.8 Å². The fraction of sp³-hybridized carbons (Fsp3) is 0.182. The van der Waals surface area contributed by atoms with Crippen LogP contribution >= 0.6 is 11.6 Å². The summed E-state index contributed by atoms with van der Waals surface area (Å²) in [6.07, 6.45) is 2.07. The number of nitrogens with zero attached hydrogens (tertiary/aromatic N) is 3. The Morgan fingerprint density at radius 1 is 1.23 bits per heavy atom. The van der Waals surface area contributed by atoms with Gasteiger partial charge in [-0.3, -0.25) is 14.2 Å². The lowest BCUT2D eigenvalue weighted by Crippen LogP contribution is -2.27. The van der Waals surface area contributed by atoms with Gasteiger partial charge in [-0.15, -0.1) is 0 Å². The predicted octanol–water partition coefficient (Wildman–Crippen LogP) is 4.36. The van der Waals surface area contributed by atoms with Gasteiger partial charge in [-0.25, -0.2) is 4.39 Å². The highest BCUT2D eigenvalue weighted by molar-refractivity contribution is 6.33. The summed E-state index contributed by atoms with van der Waals surface area (Å²) in [6, 6.07) is 12.2. The molecule has 4 aromatic rings. The molecule has 156 valence electrons. The summed E-state index contributed by atoms with van der Waals surface area (Å²) in [4.78, 5) is 29.9. The molecule has 0 spiro atoms. The van der Waals surface area contributed by atoms with Gasteiger partial charge in [0, 0.05) is 17.4 Å². The normalized spacial score (nSPS) is 13.5. The van der Waals surface area contributed by atoms with Crippen LogP contribution in [0.15, 0.2) is 57.8 Å². The molecule has 2 heterocycles. The zero-order valence-electron chi connectivity index (χ0n) is 16.1. The van der Waals surface area contributed by atoms with Crippen LogP contribution in [0.4, 0.5) is 10.1 Å². The number of halogens is 2. The number of para-hydroxylation sites is 1. The van der Waals surface area contributed by atoms with Crippen molar-refractivity contribution >= 4 is 34.1 Å². The third-order valence-corrected chi connectivity index (χ3v) is 5.45. The first-order valence-electron chi connectivity index (χ1n) is 9.71. The minimum Gasteiger partial charge on any atom is -0.334 e. The summed E-state index contributed by atoms with van der Waals surface area (Å²) >= 11 is 5.97. The van der Waals surface area contributed by atoms with E-state index in [0.29, 0.717) is 28.2 Å². The van der Waals surface area contributed by atoms with Gasteiger partial charge in [-0.05, 0) is 37.1 Å². The van der Waals surface area contributed by atoms with E-state index < -0.39 is 11.7 Å². The number of amides is 1. The Bertz CT molecular complexity index is 1380. The second-order valence-electron chi connectivity index (χ2n) is 7.40. The zero-order valence-corrected chi connectivity index (χ0v) is 16.9. The molecule has 2 aromatic carbocycles. The summed E-state index contributed by atoms with van der Waals surface area (Å²) in [5, 5.41) is 7.42. The van der Waals surface area contributed by atoms with Crippen molar-refractivity contribution in [2.75, 3.05) is 5.32 Å². The number of fused-ring (bicyclic) bond motifs is 1. The van der Waals surface area contributed by atoms with E-state index in [9.17, 15) is 14.0 Å². The molecule has 1 N–H and O–H groups in total. The molecule has 1 aliphatic carbocycles. The van der Waals surface area contributed by atoms with Crippen LogP contribution in [-0.4, -0.2) is 20.6 Å². The van der Waals surface area contributed by atoms with Crippen LogP contribution in [-0.2, 0) is 11.3 Å². The number of hydrogen-bond acceptors (Lipinski definition) is 5. The van der Waals surface area contributed by atoms with Crippen molar-refractivity contribution in [3.63, 3.8) is 0 Å². The molecule has 5 rings (SSSR count). The molecule has 0 unspecified atom stereocenters. The quantitative estimate of drug-likeness (QED) is 0.500. The van der Waals surface area contributed by atoms with Crippen LogP contribution in [0.2, 0.25) is 5.02 Å². The second kappa shape index (κ2) is 7.63. The minimum atomic E-state index is -0.508. The van der Waals surface area contributed by atoms with E-state index in [1.54, 1.807) is 12.1 Å². The van der Waals surface area contributed by atoms with Crippen molar-refractivity contribution in [1.29, 1.82) is 0 Å². The van der Waals surface area contributed by atoms with E-state index in [-0.39, 0.29) is 28.7 Å². The lowest BCUT2D eigenvalue weighted by molar-refractivity contribution is -0.116. The Labute approximate surface area is 180 Å². The highest BCUT2D eigenvalue weighted by Crippen LogP contribution is 2.39. The minimum absolute atomic E-state index is 0.0729. The monoisotopic (exact) mass is 438 g/mol. The van der Waals surface area contributed by atoms with E-state index in [0.717, 1.165) is 18.9 Å². The molecule has 0 bridgehead atoms. The number of hydrogen-bond donors (Lipinski definition) is 1. The molecule has 2 aromatic heterocycles. The van der Waals surface area contributed by atoms with Crippen LogP contribution in [0.25, 0.3) is 22.4 Å². The first-order valence-corrected chi connectivity index (χ1v) is 10.1. The Kier molecular flexibility index (Phi) is 4.78. The molecule has 1 aliphatic rings. The van der Waals surface area contributed by atoms with Crippen LogP contribution < -0.4 is 10.9 Å². The molecule has 1 saturated carbocycles. The number of carbonyl (C=O) groups excluding carboxylic acids is 1. The van der Waals surface area contributed by atoms with E-state index in [1.807, 2.05) is 12.1 Å². The van der Waals surface area contributed by atoms with E-state index in [4.69, 9.17) is 16.1 Å². The average molecular weight is 439 g/mol. The highest BCUT2D eigenvalue weighted by atomic mass is 35.5. The van der Waals surface area contributed by atoms with Crippen molar-refractivity contribution in [3.05, 3.63) is 75.5 Å². The van der Waals surface area contributed by atoms with Crippen LogP contribution in [0.5, 0.6) is 0 Å². The van der Waals surface area contributed by atoms with E-state index in [2.05, 4.69) is 15.5 Å². The van der Waals surface area contributed by atoms with Crippen LogP contribution in [0, 0.1) is 5.82 Å². The maximum atomic E-state index is 13.2. The topological polar surface area (TPSA) is 90.0 Å². The van der Waals surface area contributed by atoms with Gasteiger partial charge in [0.25, 0.3) is 11.4 Å². The Morgan fingerprint density at radius 3 is 2.81 bits per heavy atom. The Balaban J connectivity index is 1.50. The average Bonchev–Trinajstić information content (AvgIpc) is 3.49. The number of benzene rings is 2. The molecule has 9 heteroatoms. The van der Waals surface area contributed by atoms with Gasteiger partial charge in [0.15, 0.2) is 5.82 Å². The zero-order chi connectivity index (χ0) is 21.5. The van der Waals surface area contributed by atoms with Crippen molar-refractivity contribution in [2.45, 2.75) is 25.3 Å². The fourth-order valence-electron chi connectivity index (χ4n) is 3.45. The molecule has 0 atom stereocenters. The molecule has 0 aliphatic heterocycles. The lowest BCUT2D eigenvalue weighted by Gasteiger charge is -2.13. The Hall–Kier alpha value is -3.52. The molecule has 0 radical (unpaired) electrons. The van der Waals surface area contributed by atoms with E-state index in [1.165, 1.54) is 22.8 Å². The Morgan fingerprint density at radius 2 is 2.03 bits per heavy atom. The number of nitrogens with one attached hydrogen (secondary N) is 1. The maximum Gasteiger partial charge on any atom is 0.258 e. The molecular formula is C22H16ClFN4O3. The summed E-state index contributed by atoms with van der Waals surface area (Å²) in [5.41, 5.74) is 0.954. The number of rotatable bonds is 5. The summed E-state index contributed by atoms with van der Waals surface area (Å²) in [7, 11) is 0. The van der Waals surface area contributed by atoms with Crippen LogP contribution in [0.1, 0.15) is 24.6 Å². The summed E-state index contributed by atoms with van der Waals surface area (Å²) < 4.78 is 20.0.